The molecule has 1 aromatic heterocycles. The van der Waals surface area contributed by atoms with Gasteiger partial charge in [-0.1, -0.05) is 0 Å². The molecule has 1 aromatic carbocycles. The Labute approximate surface area is 106 Å². The van der Waals surface area contributed by atoms with E-state index in [1.165, 1.54) is 12.3 Å². The van der Waals surface area contributed by atoms with Crippen molar-refractivity contribution in [2.24, 2.45) is 0 Å². The second-order valence-electron chi connectivity index (χ2n) is 3.19. The number of halogens is 2. The summed E-state index contributed by atoms with van der Waals surface area (Å²) < 4.78 is 14.4. The zero-order valence-electron chi connectivity index (χ0n) is 8.15. The van der Waals surface area contributed by atoms with E-state index in [-0.39, 0.29) is 11.3 Å². The van der Waals surface area contributed by atoms with Gasteiger partial charge in [0.25, 0.3) is 0 Å². The maximum Gasteiger partial charge on any atom is 0.196 e. The average molecular weight is 327 g/mol. The van der Waals surface area contributed by atoms with E-state index in [4.69, 9.17) is 0 Å². The van der Waals surface area contributed by atoms with Gasteiger partial charge in [0.05, 0.1) is 11.8 Å². The van der Waals surface area contributed by atoms with Crippen LogP contribution in [0.5, 0.6) is 0 Å². The van der Waals surface area contributed by atoms with E-state index in [0.717, 1.165) is 9.77 Å². The zero-order chi connectivity index (χ0) is 11.5. The Balaban J connectivity index is 2.40. The maximum atomic E-state index is 13.3. The van der Waals surface area contributed by atoms with Crippen LogP contribution >= 0.6 is 22.6 Å². The first-order valence-electron chi connectivity index (χ1n) is 4.58. The normalized spacial score (nSPS) is 10.1. The van der Waals surface area contributed by atoms with Crippen molar-refractivity contribution >= 4 is 28.4 Å². The van der Waals surface area contributed by atoms with Gasteiger partial charge in [0.1, 0.15) is 0 Å². The molecule has 1 heterocycles. The van der Waals surface area contributed by atoms with Gasteiger partial charge in [0.2, 0.25) is 0 Å². The third kappa shape index (κ3) is 2.27. The van der Waals surface area contributed by atoms with Crippen LogP contribution in [0.25, 0.3) is 0 Å². The first-order valence-corrected chi connectivity index (χ1v) is 5.66. The molecule has 0 bridgehead atoms. The van der Waals surface area contributed by atoms with Crippen LogP contribution in [0, 0.1) is 9.39 Å². The van der Waals surface area contributed by atoms with Crippen molar-refractivity contribution in [1.82, 2.24) is 4.98 Å². The average Bonchev–Trinajstić information content (AvgIpc) is 2.30. The van der Waals surface area contributed by atoms with Crippen molar-refractivity contribution in [3.05, 3.63) is 63.2 Å². The predicted molar refractivity (Wildman–Crippen MR) is 66.8 cm³/mol. The number of aromatic nitrogens is 1. The van der Waals surface area contributed by atoms with Gasteiger partial charge in [-0.25, -0.2) is 4.39 Å². The molecule has 0 unspecified atom stereocenters. The lowest BCUT2D eigenvalue weighted by atomic mass is 10.0. The first-order chi connectivity index (χ1) is 7.68. The summed E-state index contributed by atoms with van der Waals surface area (Å²) in [6.07, 6.45) is 2.45. The summed E-state index contributed by atoms with van der Waals surface area (Å²) in [6.45, 7) is 0. The molecular weight excluding hydrogens is 320 g/mol. The van der Waals surface area contributed by atoms with E-state index in [9.17, 15) is 9.18 Å². The minimum Gasteiger partial charge on any atom is -0.288 e. The van der Waals surface area contributed by atoms with Crippen LogP contribution in [-0.4, -0.2) is 10.8 Å². The van der Waals surface area contributed by atoms with Gasteiger partial charge < -0.3 is 0 Å². The fourth-order valence-corrected chi connectivity index (χ4v) is 1.68. The molecule has 0 aliphatic rings. The quantitative estimate of drug-likeness (QED) is 0.627. The van der Waals surface area contributed by atoms with Gasteiger partial charge in [-0.15, -0.1) is 0 Å². The fraction of sp³-hybridized carbons (Fsp3) is 0. The molecular formula is C12H7FINO. The Morgan fingerprint density at radius 2 is 1.88 bits per heavy atom. The molecule has 16 heavy (non-hydrogen) atoms. The largest absolute Gasteiger partial charge is 0.288 e. The second-order valence-corrected chi connectivity index (χ2v) is 4.44. The number of ketones is 1. The molecule has 80 valence electrons. The number of hydrogen-bond acceptors (Lipinski definition) is 2. The minimum absolute atomic E-state index is 0.0520. The molecule has 0 radical (unpaired) electrons. The van der Waals surface area contributed by atoms with Crippen molar-refractivity contribution in [3.8, 4) is 0 Å². The zero-order valence-corrected chi connectivity index (χ0v) is 10.3. The van der Waals surface area contributed by atoms with Crippen LogP contribution in [0.3, 0.4) is 0 Å². The summed E-state index contributed by atoms with van der Waals surface area (Å²) in [4.78, 5) is 15.5. The molecule has 0 aliphatic heterocycles. The lowest BCUT2D eigenvalue weighted by Gasteiger charge is -2.01. The Morgan fingerprint density at radius 3 is 2.50 bits per heavy atom. The monoisotopic (exact) mass is 327 g/mol. The number of pyridine rings is 1. The van der Waals surface area contributed by atoms with Crippen LogP contribution in [0.1, 0.15) is 15.9 Å². The molecule has 0 fully saturated rings. The molecule has 0 atom stereocenters. The molecule has 0 aliphatic carbocycles. The third-order valence-corrected chi connectivity index (χ3v) is 2.84. The highest BCUT2D eigenvalue weighted by Gasteiger charge is 2.13. The molecule has 4 heteroatoms. The number of benzene rings is 1. The fourth-order valence-electron chi connectivity index (χ4n) is 1.32. The van der Waals surface area contributed by atoms with Gasteiger partial charge >= 0.3 is 0 Å². The van der Waals surface area contributed by atoms with E-state index in [0.29, 0.717) is 5.56 Å². The lowest BCUT2D eigenvalue weighted by molar-refractivity contribution is 0.103. The molecule has 0 saturated heterocycles. The van der Waals surface area contributed by atoms with Crippen molar-refractivity contribution in [2.45, 2.75) is 0 Å². The Hall–Kier alpha value is -1.30. The van der Waals surface area contributed by atoms with Gasteiger partial charge in [0, 0.05) is 15.3 Å². The number of hydrogen-bond donors (Lipinski definition) is 0. The van der Waals surface area contributed by atoms with Crippen LogP contribution in [-0.2, 0) is 0 Å². The number of rotatable bonds is 2. The summed E-state index contributed by atoms with van der Waals surface area (Å²) in [5, 5.41) is 0. The summed E-state index contributed by atoms with van der Waals surface area (Å²) in [7, 11) is 0. The van der Waals surface area contributed by atoms with E-state index in [1.807, 2.05) is 12.1 Å². The molecule has 0 spiro atoms. The SMILES string of the molecule is O=C(c1ccc(I)cc1)c1ccncc1F. The van der Waals surface area contributed by atoms with E-state index >= 15 is 0 Å². The smallest absolute Gasteiger partial charge is 0.196 e. The summed E-state index contributed by atoms with van der Waals surface area (Å²) in [5.41, 5.74) is 0.529. The second kappa shape index (κ2) is 4.69. The van der Waals surface area contributed by atoms with Crippen molar-refractivity contribution in [1.29, 1.82) is 0 Å². The van der Waals surface area contributed by atoms with E-state index < -0.39 is 5.82 Å². The summed E-state index contributed by atoms with van der Waals surface area (Å²) in [5.74, 6) is -0.914. The maximum absolute atomic E-state index is 13.3. The standard InChI is InChI=1S/C12H7FINO/c13-11-7-15-6-5-10(11)12(16)8-1-3-9(14)4-2-8/h1-7H. The minimum atomic E-state index is -0.592. The van der Waals surface area contributed by atoms with Crippen LogP contribution in [0.2, 0.25) is 0 Å². The Bertz CT molecular complexity index is 525. The van der Waals surface area contributed by atoms with Crippen LogP contribution < -0.4 is 0 Å². The summed E-state index contributed by atoms with van der Waals surface area (Å²) >= 11 is 2.15. The number of carbonyl (C=O) groups excluding carboxylic acids is 1. The van der Waals surface area contributed by atoms with Crippen molar-refractivity contribution < 1.29 is 9.18 Å². The van der Waals surface area contributed by atoms with Gasteiger partial charge in [-0.2, -0.15) is 0 Å². The molecule has 0 N–H and O–H groups in total. The molecule has 0 amide bonds. The van der Waals surface area contributed by atoms with Crippen LogP contribution in [0.4, 0.5) is 4.39 Å². The van der Waals surface area contributed by atoms with Crippen molar-refractivity contribution in [3.63, 3.8) is 0 Å². The molecule has 2 nitrogen and oxygen atoms in total. The van der Waals surface area contributed by atoms with Gasteiger partial charge in [-0.05, 0) is 52.9 Å². The van der Waals surface area contributed by atoms with Gasteiger partial charge in [-0.3, -0.25) is 9.78 Å². The highest BCUT2D eigenvalue weighted by Crippen LogP contribution is 2.13. The van der Waals surface area contributed by atoms with Crippen LogP contribution in [0.15, 0.2) is 42.7 Å². The predicted octanol–water partition coefficient (Wildman–Crippen LogP) is 3.06. The Morgan fingerprint density at radius 1 is 1.19 bits per heavy atom. The van der Waals surface area contributed by atoms with E-state index in [2.05, 4.69) is 27.6 Å². The third-order valence-electron chi connectivity index (χ3n) is 2.12. The molecule has 2 rings (SSSR count). The highest BCUT2D eigenvalue weighted by molar-refractivity contribution is 14.1. The highest BCUT2D eigenvalue weighted by atomic mass is 127. The van der Waals surface area contributed by atoms with E-state index in [1.54, 1.807) is 12.1 Å². The topological polar surface area (TPSA) is 30.0 Å². The lowest BCUT2D eigenvalue weighted by Crippen LogP contribution is -2.04. The first kappa shape index (κ1) is 11.2. The summed E-state index contributed by atoms with van der Waals surface area (Å²) in [6, 6.07) is 8.38. The molecule has 0 saturated carbocycles. The Kier molecular flexibility index (Phi) is 3.28. The number of nitrogens with zero attached hydrogens (tertiary/aromatic N) is 1. The van der Waals surface area contributed by atoms with Gasteiger partial charge in [0.15, 0.2) is 11.6 Å². The molecule has 2 aromatic rings. The number of carbonyl (C=O) groups is 1. The van der Waals surface area contributed by atoms with Crippen molar-refractivity contribution in [2.75, 3.05) is 0 Å².